The van der Waals surface area contributed by atoms with Crippen LogP contribution in [0.2, 0.25) is 0 Å². The van der Waals surface area contributed by atoms with Gasteiger partial charge >= 0.3 is 0 Å². The highest BCUT2D eigenvalue weighted by molar-refractivity contribution is 5.25. The minimum absolute atomic E-state index is 0.731. The Kier molecular flexibility index (Phi) is 36.3. The molecule has 0 radical (unpaired) electrons. The minimum atomic E-state index is -0.891. The Labute approximate surface area is 301 Å². The fraction of sp³-hybridized carbons (Fsp3) is 0.565. The molecule has 268 valence electrons. The Balaban J connectivity index is 3.56. The van der Waals surface area contributed by atoms with Crippen LogP contribution in [0.1, 0.15) is 148 Å². The van der Waals surface area contributed by atoms with Crippen LogP contribution in [0.3, 0.4) is 0 Å². The van der Waals surface area contributed by atoms with Crippen LogP contribution in [0.4, 0.5) is 0 Å². The van der Waals surface area contributed by atoms with Crippen LogP contribution in [0, 0.1) is 48.4 Å². The summed E-state index contributed by atoms with van der Waals surface area (Å²) in [7, 11) is 0. The fourth-order valence-electron chi connectivity index (χ4n) is 4.92. The first-order chi connectivity index (χ1) is 24.1. The first-order valence-corrected chi connectivity index (χ1v) is 19.0. The van der Waals surface area contributed by atoms with Gasteiger partial charge in [-0.1, -0.05) is 148 Å². The maximum atomic E-state index is 9.92. The van der Waals surface area contributed by atoms with Crippen molar-refractivity contribution >= 4 is 0 Å². The number of hydrogen-bond donors (Lipinski definition) is 3. The van der Waals surface area contributed by atoms with E-state index in [9.17, 15) is 15.3 Å². The lowest BCUT2D eigenvalue weighted by molar-refractivity contribution is 0.280. The second-order valence-electron chi connectivity index (χ2n) is 12.4. The highest BCUT2D eigenvalue weighted by Gasteiger charge is 1.94. The summed E-state index contributed by atoms with van der Waals surface area (Å²) in [6, 6.07) is 0. The quantitative estimate of drug-likeness (QED) is 0.0423. The third-order valence-corrected chi connectivity index (χ3v) is 7.81. The zero-order valence-electron chi connectivity index (χ0n) is 30.4. The summed E-state index contributed by atoms with van der Waals surface area (Å²) in [4.78, 5) is 0. The summed E-state index contributed by atoms with van der Waals surface area (Å²) < 4.78 is 0. The predicted molar refractivity (Wildman–Crippen MR) is 212 cm³/mol. The highest BCUT2D eigenvalue weighted by Crippen LogP contribution is 2.13. The molecule has 0 saturated heterocycles. The largest absolute Gasteiger partial charge is 0.377 e. The molecule has 0 aromatic heterocycles. The van der Waals surface area contributed by atoms with E-state index in [1.165, 1.54) is 89.9 Å². The van der Waals surface area contributed by atoms with Gasteiger partial charge < -0.3 is 15.3 Å². The third-order valence-electron chi connectivity index (χ3n) is 7.81. The van der Waals surface area contributed by atoms with Gasteiger partial charge in [0.15, 0.2) is 6.10 Å². The Hall–Kier alpha value is -3.44. The monoisotopic (exact) mass is 667 g/mol. The molecule has 3 nitrogen and oxygen atoms in total. The van der Waals surface area contributed by atoms with Crippen LogP contribution < -0.4 is 0 Å². The number of aliphatic hydroxyl groups excluding tert-OH is 3. The average Bonchev–Trinajstić information content (AvgIpc) is 3.11. The molecule has 3 N–H and O–H groups in total. The van der Waals surface area contributed by atoms with Gasteiger partial charge in [0.2, 0.25) is 0 Å². The van der Waals surface area contributed by atoms with Crippen LogP contribution in [-0.4, -0.2) is 33.6 Å². The van der Waals surface area contributed by atoms with Crippen LogP contribution in [-0.2, 0) is 0 Å². The molecule has 3 heteroatoms. The summed E-state index contributed by atoms with van der Waals surface area (Å²) in [5, 5.41) is 28.4. The van der Waals surface area contributed by atoms with Gasteiger partial charge in [-0.15, -0.1) is 12.8 Å². The zero-order valence-corrected chi connectivity index (χ0v) is 30.4. The second kappa shape index (κ2) is 39.0. The van der Waals surface area contributed by atoms with Crippen LogP contribution in [0.15, 0.2) is 72.9 Å². The molecule has 0 spiro atoms. The molecule has 0 saturated carbocycles. The normalized spacial score (nSPS) is 13.6. The topological polar surface area (TPSA) is 60.7 Å². The van der Waals surface area contributed by atoms with Crippen molar-refractivity contribution in [3.05, 3.63) is 72.9 Å². The van der Waals surface area contributed by atoms with Gasteiger partial charge in [0.1, 0.15) is 12.2 Å². The molecular weight excluding hydrogens is 601 g/mol. The molecule has 0 rings (SSSR count). The van der Waals surface area contributed by atoms with E-state index in [0.29, 0.717) is 0 Å². The van der Waals surface area contributed by atoms with Crippen molar-refractivity contribution in [1.29, 1.82) is 0 Å². The fourth-order valence-corrected chi connectivity index (χ4v) is 4.92. The van der Waals surface area contributed by atoms with Crippen molar-refractivity contribution in [2.24, 2.45) is 0 Å². The van der Waals surface area contributed by atoms with Gasteiger partial charge in [-0.3, -0.25) is 0 Å². The molecule has 3 atom stereocenters. The lowest BCUT2D eigenvalue weighted by atomic mass is 10.0. The predicted octanol–water partition coefficient (Wildman–Crippen LogP) is 10.7. The maximum absolute atomic E-state index is 9.92. The third kappa shape index (κ3) is 38.9. The molecule has 49 heavy (non-hydrogen) atoms. The van der Waals surface area contributed by atoms with Gasteiger partial charge in [0.05, 0.1) is 0 Å². The summed E-state index contributed by atoms with van der Waals surface area (Å²) >= 11 is 0. The Morgan fingerprint density at radius 2 is 0.776 bits per heavy atom. The summed E-state index contributed by atoms with van der Waals surface area (Å²) in [6.07, 6.45) is 59.0. The summed E-state index contributed by atoms with van der Waals surface area (Å²) in [5.41, 5.74) is 0. The van der Waals surface area contributed by atoms with Crippen LogP contribution in [0.25, 0.3) is 0 Å². The number of allylic oxidation sites excluding steroid dienone is 10. The van der Waals surface area contributed by atoms with Crippen LogP contribution >= 0.6 is 0 Å². The van der Waals surface area contributed by atoms with Crippen molar-refractivity contribution in [3.8, 4) is 48.4 Å². The molecular formula is C46H66O3. The summed E-state index contributed by atoms with van der Waals surface area (Å²) in [5.74, 6) is 16.1. The molecule has 0 heterocycles. The molecule has 0 unspecified atom stereocenters. The Morgan fingerprint density at radius 3 is 1.29 bits per heavy atom. The molecule has 0 amide bonds. The Bertz CT molecular complexity index is 1150. The highest BCUT2D eigenvalue weighted by atomic mass is 16.3. The van der Waals surface area contributed by atoms with E-state index >= 15 is 0 Å². The molecule has 0 aliphatic rings. The van der Waals surface area contributed by atoms with Crippen molar-refractivity contribution in [1.82, 2.24) is 0 Å². The summed E-state index contributed by atoms with van der Waals surface area (Å²) in [6.45, 7) is 0. The molecule has 0 aromatic carbocycles. The minimum Gasteiger partial charge on any atom is -0.377 e. The van der Waals surface area contributed by atoms with E-state index < -0.39 is 18.3 Å². The lowest BCUT2D eigenvalue weighted by Crippen LogP contribution is -1.96. The van der Waals surface area contributed by atoms with Gasteiger partial charge in [-0.25, -0.2) is 0 Å². The molecule has 0 bridgehead atoms. The van der Waals surface area contributed by atoms with E-state index in [4.69, 9.17) is 12.8 Å². The molecule has 0 fully saturated rings. The van der Waals surface area contributed by atoms with E-state index in [0.717, 1.165) is 57.8 Å². The number of hydrogen-bond acceptors (Lipinski definition) is 3. The van der Waals surface area contributed by atoms with Gasteiger partial charge in [-0.05, 0) is 102 Å². The van der Waals surface area contributed by atoms with E-state index in [1.807, 2.05) is 18.2 Å². The molecule has 0 aromatic rings. The average molecular weight is 667 g/mol. The SMILES string of the molecule is C#C[C@@H](O)/C=C/CC/C=C\CCCC/C=C\CCC#C[C@@H](O)C#C/C=C/CC/C=C\CCCCCCCCCCCCC/C=C/[C@H](O)C#C. The Morgan fingerprint density at radius 1 is 0.408 bits per heavy atom. The van der Waals surface area contributed by atoms with Crippen molar-refractivity contribution in [3.63, 3.8) is 0 Å². The zero-order chi connectivity index (χ0) is 35.7. The maximum Gasteiger partial charge on any atom is 0.176 e. The molecule has 0 aliphatic heterocycles. The number of aliphatic hydroxyl groups is 3. The number of rotatable bonds is 29. The van der Waals surface area contributed by atoms with Gasteiger partial charge in [0, 0.05) is 6.42 Å². The van der Waals surface area contributed by atoms with E-state index in [1.54, 1.807) is 12.2 Å². The lowest BCUT2D eigenvalue weighted by Gasteiger charge is -2.02. The first-order valence-electron chi connectivity index (χ1n) is 19.0. The van der Waals surface area contributed by atoms with E-state index in [2.05, 4.69) is 78.1 Å². The van der Waals surface area contributed by atoms with Crippen molar-refractivity contribution in [2.45, 2.75) is 166 Å². The molecule has 0 aliphatic carbocycles. The smallest absolute Gasteiger partial charge is 0.176 e. The van der Waals surface area contributed by atoms with Gasteiger partial charge in [0.25, 0.3) is 0 Å². The number of terminal acetylenes is 2. The van der Waals surface area contributed by atoms with Crippen molar-refractivity contribution < 1.29 is 15.3 Å². The van der Waals surface area contributed by atoms with Gasteiger partial charge in [-0.2, -0.15) is 0 Å². The van der Waals surface area contributed by atoms with E-state index in [-0.39, 0.29) is 0 Å². The van der Waals surface area contributed by atoms with Crippen molar-refractivity contribution in [2.75, 3.05) is 0 Å². The number of unbranched alkanes of at least 4 members (excludes halogenated alkanes) is 18. The second-order valence-corrected chi connectivity index (χ2v) is 12.4. The first kappa shape index (κ1) is 45.6. The standard InChI is InChI=1S/C46H66O3/c1-3-44(47)40-36-32-28-24-20-16-12-10-8-6-5-7-9-11-13-18-22-26-30-34-38-42-46(49)43-39-35-31-27-23-19-15-14-17-21-25-29-33-37-41-45(48)4-2/h1-2,13,18,21,23,25,27,30,34,36-37,40-41,44-49H,5-12,14-17,19-20,22,24,26,28-29,31-33,35H2/b18-13-,25-21-,27-23-,34-30+,40-36+,41-37+/t44-,45-,46+/m1/s1. The van der Waals surface area contributed by atoms with Crippen LogP contribution in [0.5, 0.6) is 0 Å².